The van der Waals surface area contributed by atoms with E-state index < -0.39 is 5.54 Å². The summed E-state index contributed by atoms with van der Waals surface area (Å²) < 4.78 is 9.99. The molecular weight excluding hydrogens is 566 g/mol. The van der Waals surface area contributed by atoms with Gasteiger partial charge in [0.25, 0.3) is 5.91 Å². The molecule has 0 unspecified atom stereocenters. The Kier molecular flexibility index (Phi) is 8.46. The second kappa shape index (κ2) is 9.15. The fourth-order valence-corrected chi connectivity index (χ4v) is 3.99. The maximum atomic E-state index is 13.2. The van der Waals surface area contributed by atoms with Crippen molar-refractivity contribution in [2.45, 2.75) is 79.4 Å². The normalized spacial score (nSPS) is 13.2. The SMILES string of the molecule is CC(C)N(I)C(C)(C)C(C)(C)N(I)C(=O)c1cccc(OCC(C)(C)C)c1. The molecular formula is C21H34I2N2O2. The molecule has 0 saturated carbocycles. The number of hydrogen-bond acceptors (Lipinski definition) is 3. The van der Waals surface area contributed by atoms with Gasteiger partial charge in [0.1, 0.15) is 5.75 Å². The van der Waals surface area contributed by atoms with Gasteiger partial charge in [-0.05, 0) is 65.2 Å². The first-order valence-electron chi connectivity index (χ1n) is 9.29. The van der Waals surface area contributed by atoms with Crippen LogP contribution < -0.4 is 4.74 Å². The number of ether oxygens (including phenoxy) is 1. The van der Waals surface area contributed by atoms with Gasteiger partial charge in [-0.1, -0.05) is 26.8 Å². The fourth-order valence-electron chi connectivity index (χ4n) is 2.53. The number of rotatable bonds is 7. The zero-order valence-electron chi connectivity index (χ0n) is 18.1. The lowest BCUT2D eigenvalue weighted by atomic mass is 9.81. The molecule has 1 aromatic rings. The number of carbonyl (C=O) groups excluding carboxylic acids is 1. The Bertz CT molecular complexity index is 652. The molecule has 6 heteroatoms. The topological polar surface area (TPSA) is 32.8 Å². The number of nitrogens with zero attached hydrogens (tertiary/aromatic N) is 2. The van der Waals surface area contributed by atoms with Gasteiger partial charge in [-0.25, -0.2) is 3.11 Å². The summed E-state index contributed by atoms with van der Waals surface area (Å²) in [4.78, 5) is 13.2. The summed E-state index contributed by atoms with van der Waals surface area (Å²) in [5.74, 6) is 0.721. The van der Waals surface area contributed by atoms with Crippen LogP contribution in [-0.2, 0) is 0 Å². The number of halogens is 2. The van der Waals surface area contributed by atoms with Gasteiger partial charge in [0.15, 0.2) is 0 Å². The number of benzene rings is 1. The molecule has 27 heavy (non-hydrogen) atoms. The van der Waals surface area contributed by atoms with Crippen molar-refractivity contribution < 1.29 is 9.53 Å². The molecule has 1 rings (SSSR count). The molecule has 0 spiro atoms. The van der Waals surface area contributed by atoms with E-state index in [1.54, 1.807) is 0 Å². The first kappa shape index (κ1) is 24.9. The van der Waals surface area contributed by atoms with E-state index in [1.807, 2.05) is 27.4 Å². The lowest BCUT2D eigenvalue weighted by molar-refractivity contribution is 0.0510. The summed E-state index contributed by atoms with van der Waals surface area (Å²) in [7, 11) is 0. The Morgan fingerprint density at radius 3 is 2.07 bits per heavy atom. The maximum absolute atomic E-state index is 13.2. The standard InChI is InChI=1S/C21H34I2N2O2/c1-15(2)24(22)20(6,7)21(8,9)25(23)18(26)16-11-10-12-17(13-16)27-14-19(3,4)5/h10-13,15H,14H2,1-9H3. The van der Waals surface area contributed by atoms with E-state index in [-0.39, 0.29) is 16.9 Å². The second-order valence-corrected chi connectivity index (χ2v) is 11.5. The largest absolute Gasteiger partial charge is 0.493 e. The minimum absolute atomic E-state index is 0.0107. The van der Waals surface area contributed by atoms with E-state index in [2.05, 4.69) is 111 Å². The van der Waals surface area contributed by atoms with Crippen LogP contribution in [0.5, 0.6) is 5.75 Å². The van der Waals surface area contributed by atoms with E-state index >= 15 is 0 Å². The molecule has 0 aliphatic rings. The van der Waals surface area contributed by atoms with Crippen molar-refractivity contribution in [2.24, 2.45) is 5.41 Å². The van der Waals surface area contributed by atoms with Crippen molar-refractivity contribution in [1.82, 2.24) is 6.23 Å². The van der Waals surface area contributed by atoms with Gasteiger partial charge in [-0.2, -0.15) is 0 Å². The Hall–Kier alpha value is -0.0900. The molecule has 0 aliphatic carbocycles. The van der Waals surface area contributed by atoms with E-state index in [4.69, 9.17) is 4.74 Å². The summed E-state index contributed by atoms with van der Waals surface area (Å²) in [6, 6.07) is 7.85. The maximum Gasteiger partial charge on any atom is 0.263 e. The van der Waals surface area contributed by atoms with Crippen molar-refractivity contribution in [1.29, 1.82) is 0 Å². The van der Waals surface area contributed by atoms with Gasteiger partial charge >= 0.3 is 0 Å². The van der Waals surface area contributed by atoms with Crippen molar-refractivity contribution in [3.8, 4) is 5.75 Å². The summed E-state index contributed by atoms with van der Waals surface area (Å²) in [6.07, 6.45) is 0. The minimum atomic E-state index is -0.391. The van der Waals surface area contributed by atoms with E-state index in [1.165, 1.54) is 0 Å². The highest BCUT2D eigenvalue weighted by molar-refractivity contribution is 14.1. The highest BCUT2D eigenvalue weighted by Crippen LogP contribution is 2.39. The minimum Gasteiger partial charge on any atom is -0.493 e. The molecule has 0 saturated heterocycles. The van der Waals surface area contributed by atoms with E-state index in [9.17, 15) is 4.79 Å². The third kappa shape index (κ3) is 6.19. The van der Waals surface area contributed by atoms with Crippen LogP contribution in [0, 0.1) is 5.41 Å². The van der Waals surface area contributed by atoms with E-state index in [0.717, 1.165) is 5.75 Å². The number of carbonyl (C=O) groups is 1. The average Bonchev–Trinajstić information content (AvgIpc) is 2.57. The molecule has 1 aromatic carbocycles. The van der Waals surface area contributed by atoms with Crippen LogP contribution in [0.2, 0.25) is 0 Å². The van der Waals surface area contributed by atoms with Crippen molar-refractivity contribution in [3.05, 3.63) is 29.8 Å². The number of hydrogen-bond donors (Lipinski definition) is 0. The molecule has 0 N–H and O–H groups in total. The Morgan fingerprint density at radius 1 is 1.04 bits per heavy atom. The first-order chi connectivity index (χ1) is 12.1. The summed E-state index contributed by atoms with van der Waals surface area (Å²) in [5.41, 5.74) is 0.100. The lowest BCUT2D eigenvalue weighted by Crippen LogP contribution is -2.62. The zero-order chi connectivity index (χ0) is 21.2. The third-order valence-electron chi connectivity index (χ3n) is 4.91. The predicted molar refractivity (Wildman–Crippen MR) is 131 cm³/mol. The summed E-state index contributed by atoms with van der Waals surface area (Å²) in [5, 5.41) is 0. The Labute approximate surface area is 193 Å². The molecule has 0 atom stereocenters. The highest BCUT2D eigenvalue weighted by atomic mass is 127. The predicted octanol–water partition coefficient (Wildman–Crippen LogP) is 6.52. The van der Waals surface area contributed by atoms with Gasteiger partial charge in [0.05, 0.1) is 35.0 Å². The molecule has 4 nitrogen and oxygen atoms in total. The summed E-state index contributed by atoms with van der Waals surface area (Å²) in [6.45, 7) is 19.9. The van der Waals surface area contributed by atoms with Gasteiger partial charge < -0.3 is 4.74 Å². The molecule has 1 amide bonds. The van der Waals surface area contributed by atoms with Crippen LogP contribution in [0.15, 0.2) is 24.3 Å². The number of amides is 1. The quantitative estimate of drug-likeness (QED) is 0.264. The fraction of sp³-hybridized carbons (Fsp3) is 0.667. The lowest BCUT2D eigenvalue weighted by Gasteiger charge is -2.51. The molecule has 0 radical (unpaired) electrons. The van der Waals surface area contributed by atoms with Crippen molar-refractivity contribution in [2.75, 3.05) is 6.61 Å². The highest BCUT2D eigenvalue weighted by Gasteiger charge is 2.47. The van der Waals surface area contributed by atoms with Gasteiger partial charge in [-0.15, -0.1) is 0 Å². The first-order valence-corrected chi connectivity index (χ1v) is 11.2. The van der Waals surface area contributed by atoms with Crippen LogP contribution in [0.25, 0.3) is 0 Å². The smallest absolute Gasteiger partial charge is 0.263 e. The molecule has 0 heterocycles. The van der Waals surface area contributed by atoms with Gasteiger partial charge in [0.2, 0.25) is 0 Å². The molecule has 0 bridgehead atoms. The zero-order valence-corrected chi connectivity index (χ0v) is 22.4. The molecule has 0 fully saturated rings. The Balaban J connectivity index is 3.07. The van der Waals surface area contributed by atoms with E-state index in [0.29, 0.717) is 18.2 Å². The molecule has 154 valence electrons. The average molecular weight is 600 g/mol. The van der Waals surface area contributed by atoms with Crippen LogP contribution in [0.4, 0.5) is 0 Å². The van der Waals surface area contributed by atoms with Crippen LogP contribution in [0.1, 0.15) is 72.7 Å². The van der Waals surface area contributed by atoms with Crippen molar-refractivity contribution in [3.63, 3.8) is 0 Å². The van der Waals surface area contributed by atoms with Gasteiger partial charge in [0, 0.05) is 40.0 Å². The third-order valence-corrected chi connectivity index (χ3v) is 8.87. The van der Waals surface area contributed by atoms with Crippen LogP contribution in [-0.4, -0.2) is 35.9 Å². The Morgan fingerprint density at radius 2 is 1.59 bits per heavy atom. The van der Waals surface area contributed by atoms with Crippen LogP contribution >= 0.6 is 45.7 Å². The summed E-state index contributed by atoms with van der Waals surface area (Å²) >= 11 is 4.52. The monoisotopic (exact) mass is 600 g/mol. The van der Waals surface area contributed by atoms with Crippen LogP contribution in [0.3, 0.4) is 0 Å². The molecule has 0 aliphatic heterocycles. The van der Waals surface area contributed by atoms with Crippen molar-refractivity contribution >= 4 is 51.6 Å². The second-order valence-electron chi connectivity index (χ2n) is 9.49. The molecule has 0 aromatic heterocycles. The van der Waals surface area contributed by atoms with Gasteiger partial charge in [-0.3, -0.25) is 7.91 Å².